The van der Waals surface area contributed by atoms with Crippen molar-refractivity contribution in [2.45, 2.75) is 19.1 Å². The number of likely N-dealkylation sites (tertiary alicyclic amines) is 1. The lowest BCUT2D eigenvalue weighted by atomic mass is 10.1. The Labute approximate surface area is 135 Å². The summed E-state index contributed by atoms with van der Waals surface area (Å²) < 4.78 is 5.51. The number of carbonyl (C=O) groups excluding carboxylic acids is 1. The van der Waals surface area contributed by atoms with Crippen LogP contribution in [0.1, 0.15) is 17.3 Å². The Morgan fingerprint density at radius 1 is 1.43 bits per heavy atom. The largest absolute Gasteiger partial charge is 0.378 e. The summed E-state index contributed by atoms with van der Waals surface area (Å²) >= 11 is 0. The fourth-order valence-corrected chi connectivity index (χ4v) is 2.96. The number of nitrogens with one attached hydrogen (secondary N) is 2. The van der Waals surface area contributed by atoms with E-state index < -0.39 is 0 Å². The first-order valence-electron chi connectivity index (χ1n) is 7.73. The van der Waals surface area contributed by atoms with E-state index in [-0.39, 0.29) is 18.1 Å². The predicted molar refractivity (Wildman–Crippen MR) is 86.0 cm³/mol. The van der Waals surface area contributed by atoms with Crippen LogP contribution in [0.4, 0.5) is 0 Å². The number of hydrogen-bond acceptors (Lipinski definition) is 5. The van der Waals surface area contributed by atoms with Crippen molar-refractivity contribution >= 4 is 5.91 Å². The molecule has 0 saturated carbocycles. The maximum atomic E-state index is 12.7. The Morgan fingerprint density at radius 3 is 2.96 bits per heavy atom. The van der Waals surface area contributed by atoms with Gasteiger partial charge in [0.2, 0.25) is 0 Å². The molecule has 0 radical (unpaired) electrons. The van der Waals surface area contributed by atoms with Crippen LogP contribution in [0.15, 0.2) is 30.6 Å². The molecule has 0 unspecified atom stereocenters. The number of nitrogens with zero attached hydrogens (tertiary/aromatic N) is 3. The van der Waals surface area contributed by atoms with Crippen LogP contribution in [0.25, 0.3) is 11.4 Å². The van der Waals surface area contributed by atoms with E-state index in [0.29, 0.717) is 11.4 Å². The fourth-order valence-electron chi connectivity index (χ4n) is 2.96. The van der Waals surface area contributed by atoms with E-state index in [9.17, 15) is 4.79 Å². The number of rotatable bonds is 5. The molecule has 1 aliphatic rings. The number of ether oxygens (including phenoxy) is 1. The van der Waals surface area contributed by atoms with Gasteiger partial charge < -0.3 is 10.1 Å². The number of amides is 1. The smallest absolute Gasteiger partial charge is 0.252 e. The van der Waals surface area contributed by atoms with Crippen LogP contribution in [0, 0.1) is 0 Å². The van der Waals surface area contributed by atoms with Gasteiger partial charge in [0.15, 0.2) is 5.82 Å². The van der Waals surface area contributed by atoms with E-state index in [1.807, 2.05) is 18.2 Å². The van der Waals surface area contributed by atoms with Crippen molar-refractivity contribution in [2.75, 3.05) is 26.7 Å². The highest BCUT2D eigenvalue weighted by atomic mass is 16.5. The lowest BCUT2D eigenvalue weighted by Crippen LogP contribution is -2.43. The van der Waals surface area contributed by atoms with E-state index in [1.165, 1.54) is 6.33 Å². The standard InChI is InChI=1S/C16H21N5O2/c1-3-21-8-13(14(9-21)23-2)19-16(22)12-7-5-4-6-11(12)15-17-10-18-20-15/h4-7,10,13-14H,3,8-9H2,1-2H3,(H,19,22)(H,17,18,20)/t13-,14-/m0/s1. The maximum Gasteiger partial charge on any atom is 0.252 e. The lowest BCUT2D eigenvalue weighted by Gasteiger charge is -2.19. The summed E-state index contributed by atoms with van der Waals surface area (Å²) in [5, 5.41) is 9.75. The number of aromatic nitrogens is 3. The molecule has 7 heteroatoms. The third-order valence-electron chi connectivity index (χ3n) is 4.25. The first kappa shape index (κ1) is 15.6. The zero-order chi connectivity index (χ0) is 16.2. The SMILES string of the molecule is CCN1C[C@H](NC(=O)c2ccccc2-c2ncn[nH]2)[C@@H](OC)C1. The molecule has 0 spiro atoms. The molecular weight excluding hydrogens is 294 g/mol. The third-order valence-corrected chi connectivity index (χ3v) is 4.25. The Kier molecular flexibility index (Phi) is 4.68. The van der Waals surface area contributed by atoms with E-state index in [4.69, 9.17) is 4.74 Å². The van der Waals surface area contributed by atoms with Crippen LogP contribution in [0.5, 0.6) is 0 Å². The van der Waals surface area contributed by atoms with Crippen LogP contribution in [-0.2, 0) is 4.74 Å². The van der Waals surface area contributed by atoms with Gasteiger partial charge in [-0.15, -0.1) is 0 Å². The van der Waals surface area contributed by atoms with E-state index in [1.54, 1.807) is 13.2 Å². The first-order chi connectivity index (χ1) is 11.2. The molecule has 0 aliphatic carbocycles. The highest BCUT2D eigenvalue weighted by Gasteiger charge is 2.33. The minimum Gasteiger partial charge on any atom is -0.378 e. The summed E-state index contributed by atoms with van der Waals surface area (Å²) in [7, 11) is 1.69. The van der Waals surface area contributed by atoms with Gasteiger partial charge in [-0.1, -0.05) is 25.1 Å². The number of benzene rings is 1. The Bertz CT molecular complexity index is 658. The molecule has 2 atom stereocenters. The number of hydrogen-bond donors (Lipinski definition) is 2. The van der Waals surface area contributed by atoms with Crippen LogP contribution in [-0.4, -0.2) is 64.9 Å². The highest BCUT2D eigenvalue weighted by Crippen LogP contribution is 2.20. The van der Waals surface area contributed by atoms with Gasteiger partial charge in [0, 0.05) is 25.8 Å². The Hall–Kier alpha value is -2.25. The normalized spacial score (nSPS) is 21.5. The second-order valence-electron chi connectivity index (χ2n) is 5.59. The molecule has 7 nitrogen and oxygen atoms in total. The highest BCUT2D eigenvalue weighted by molar-refractivity contribution is 6.00. The molecule has 23 heavy (non-hydrogen) atoms. The Balaban J connectivity index is 1.79. The zero-order valence-corrected chi connectivity index (χ0v) is 13.3. The monoisotopic (exact) mass is 315 g/mol. The zero-order valence-electron chi connectivity index (χ0n) is 13.3. The molecule has 1 amide bonds. The van der Waals surface area contributed by atoms with Gasteiger partial charge in [0.05, 0.1) is 17.7 Å². The van der Waals surface area contributed by atoms with Crippen LogP contribution in [0.2, 0.25) is 0 Å². The van der Waals surface area contributed by atoms with Gasteiger partial charge in [-0.2, -0.15) is 5.10 Å². The van der Waals surface area contributed by atoms with Crippen molar-refractivity contribution in [3.8, 4) is 11.4 Å². The fraction of sp³-hybridized carbons (Fsp3) is 0.438. The van der Waals surface area contributed by atoms with Crippen molar-refractivity contribution in [1.82, 2.24) is 25.4 Å². The van der Waals surface area contributed by atoms with Crippen molar-refractivity contribution in [1.29, 1.82) is 0 Å². The van der Waals surface area contributed by atoms with Crippen molar-refractivity contribution < 1.29 is 9.53 Å². The number of carbonyl (C=O) groups is 1. The first-order valence-corrected chi connectivity index (χ1v) is 7.73. The van der Waals surface area contributed by atoms with Gasteiger partial charge in [0.1, 0.15) is 6.33 Å². The molecule has 1 aliphatic heterocycles. The van der Waals surface area contributed by atoms with Crippen molar-refractivity contribution in [3.05, 3.63) is 36.2 Å². The van der Waals surface area contributed by atoms with E-state index in [0.717, 1.165) is 25.2 Å². The summed E-state index contributed by atoms with van der Waals surface area (Å²) in [5.74, 6) is 0.461. The molecule has 2 heterocycles. The Morgan fingerprint density at radius 2 is 2.26 bits per heavy atom. The van der Waals surface area contributed by atoms with Crippen LogP contribution >= 0.6 is 0 Å². The maximum absolute atomic E-state index is 12.7. The molecule has 3 rings (SSSR count). The average molecular weight is 315 g/mol. The van der Waals surface area contributed by atoms with E-state index in [2.05, 4.69) is 32.3 Å². The number of likely N-dealkylation sites (N-methyl/N-ethyl adjacent to an activating group) is 1. The van der Waals surface area contributed by atoms with E-state index >= 15 is 0 Å². The molecule has 122 valence electrons. The summed E-state index contributed by atoms with van der Waals surface area (Å²) in [4.78, 5) is 19.1. The van der Waals surface area contributed by atoms with Gasteiger partial charge in [0.25, 0.3) is 5.91 Å². The van der Waals surface area contributed by atoms with Gasteiger partial charge >= 0.3 is 0 Å². The predicted octanol–water partition coefficient (Wildman–Crippen LogP) is 0.921. The summed E-state index contributed by atoms with van der Waals surface area (Å²) in [6, 6.07) is 7.35. The quantitative estimate of drug-likeness (QED) is 0.857. The molecule has 1 fully saturated rings. The van der Waals surface area contributed by atoms with Crippen molar-refractivity contribution in [3.63, 3.8) is 0 Å². The number of methoxy groups -OCH3 is 1. The molecule has 2 N–H and O–H groups in total. The molecule has 1 aromatic carbocycles. The lowest BCUT2D eigenvalue weighted by molar-refractivity contribution is 0.0762. The summed E-state index contributed by atoms with van der Waals surface area (Å²) in [6.45, 7) is 4.68. The molecule has 2 aromatic rings. The summed E-state index contributed by atoms with van der Waals surface area (Å²) in [6.07, 6.45) is 1.44. The topological polar surface area (TPSA) is 83.1 Å². The van der Waals surface area contributed by atoms with Crippen LogP contribution < -0.4 is 5.32 Å². The van der Waals surface area contributed by atoms with Crippen molar-refractivity contribution in [2.24, 2.45) is 0 Å². The van der Waals surface area contributed by atoms with Gasteiger partial charge in [-0.05, 0) is 12.6 Å². The minimum atomic E-state index is -0.123. The van der Waals surface area contributed by atoms with Gasteiger partial charge in [-0.25, -0.2) is 4.98 Å². The average Bonchev–Trinajstić information content (AvgIpc) is 3.24. The summed E-state index contributed by atoms with van der Waals surface area (Å²) in [5.41, 5.74) is 1.32. The van der Waals surface area contributed by atoms with Gasteiger partial charge in [-0.3, -0.25) is 14.8 Å². The molecular formula is C16H21N5O2. The third kappa shape index (κ3) is 3.25. The second kappa shape index (κ2) is 6.89. The second-order valence-corrected chi connectivity index (χ2v) is 5.59. The van der Waals surface area contributed by atoms with Crippen LogP contribution in [0.3, 0.4) is 0 Å². The minimum absolute atomic E-state index is 0.0105. The molecule has 1 saturated heterocycles. The molecule has 1 aromatic heterocycles. The number of aromatic amines is 1. The number of H-pyrrole nitrogens is 1. The molecule has 0 bridgehead atoms.